The second-order valence-electron chi connectivity index (χ2n) is 8.95. The van der Waals surface area contributed by atoms with Crippen LogP contribution in [-0.4, -0.2) is 90.6 Å². The standard InChI is InChI=1S/C21H39N5O3.HI/c1-6-22-19(25-14-12-24(13-15-25)17(2)27)23-10-9-18-8-7-11-26(16-18)20(28)29-21(3,4)5;/h18H,6-16H2,1-5H3,(H,22,23);1H. The molecule has 30 heavy (non-hydrogen) atoms. The van der Waals surface area contributed by atoms with Gasteiger partial charge in [0.15, 0.2) is 5.96 Å². The van der Waals surface area contributed by atoms with E-state index in [0.717, 1.165) is 77.6 Å². The Labute approximate surface area is 198 Å². The molecule has 0 aromatic heterocycles. The number of amides is 2. The first-order chi connectivity index (χ1) is 13.7. The summed E-state index contributed by atoms with van der Waals surface area (Å²) in [7, 11) is 0. The van der Waals surface area contributed by atoms with Crippen molar-refractivity contribution in [1.82, 2.24) is 20.0 Å². The quantitative estimate of drug-likeness (QED) is 0.339. The average Bonchev–Trinajstić information content (AvgIpc) is 2.66. The number of hydrogen-bond donors (Lipinski definition) is 1. The molecule has 0 saturated carbocycles. The van der Waals surface area contributed by atoms with E-state index in [1.54, 1.807) is 6.92 Å². The molecule has 1 unspecified atom stereocenters. The summed E-state index contributed by atoms with van der Waals surface area (Å²) < 4.78 is 5.52. The number of hydrogen-bond acceptors (Lipinski definition) is 4. The van der Waals surface area contributed by atoms with Crippen LogP contribution in [0.25, 0.3) is 0 Å². The largest absolute Gasteiger partial charge is 0.444 e. The Morgan fingerprint density at radius 1 is 1.07 bits per heavy atom. The van der Waals surface area contributed by atoms with E-state index in [2.05, 4.69) is 17.1 Å². The first-order valence-electron chi connectivity index (χ1n) is 11.0. The number of ether oxygens (including phenoxy) is 1. The zero-order valence-corrected chi connectivity index (χ0v) is 21.6. The lowest BCUT2D eigenvalue weighted by molar-refractivity contribution is -0.130. The summed E-state index contributed by atoms with van der Waals surface area (Å²) in [6.07, 6.45) is 2.90. The van der Waals surface area contributed by atoms with Gasteiger partial charge in [-0.25, -0.2) is 4.79 Å². The van der Waals surface area contributed by atoms with E-state index < -0.39 is 5.60 Å². The smallest absolute Gasteiger partial charge is 0.410 e. The summed E-state index contributed by atoms with van der Waals surface area (Å²) in [6, 6.07) is 0. The summed E-state index contributed by atoms with van der Waals surface area (Å²) in [4.78, 5) is 34.6. The van der Waals surface area contributed by atoms with E-state index in [-0.39, 0.29) is 36.0 Å². The fourth-order valence-electron chi connectivity index (χ4n) is 3.80. The third-order valence-corrected chi connectivity index (χ3v) is 5.33. The maximum atomic E-state index is 12.3. The van der Waals surface area contributed by atoms with Gasteiger partial charge in [-0.15, -0.1) is 24.0 Å². The molecule has 174 valence electrons. The average molecular weight is 537 g/mol. The van der Waals surface area contributed by atoms with Gasteiger partial charge in [0.25, 0.3) is 0 Å². The van der Waals surface area contributed by atoms with Gasteiger partial charge in [-0.3, -0.25) is 9.79 Å². The highest BCUT2D eigenvalue weighted by atomic mass is 127. The number of carbonyl (C=O) groups excluding carboxylic acids is 2. The minimum absolute atomic E-state index is 0. The number of guanidine groups is 1. The molecule has 0 aromatic carbocycles. The molecule has 2 rings (SSSR count). The van der Waals surface area contributed by atoms with Crippen LogP contribution in [0.2, 0.25) is 0 Å². The van der Waals surface area contributed by atoms with E-state index in [0.29, 0.717) is 5.92 Å². The van der Waals surface area contributed by atoms with Crippen LogP contribution in [0.3, 0.4) is 0 Å². The molecule has 0 spiro atoms. The van der Waals surface area contributed by atoms with Crippen LogP contribution in [0.4, 0.5) is 4.79 Å². The monoisotopic (exact) mass is 537 g/mol. The Hall–Kier alpha value is -1.26. The predicted molar refractivity (Wildman–Crippen MR) is 130 cm³/mol. The summed E-state index contributed by atoms with van der Waals surface area (Å²) in [5.41, 5.74) is -0.457. The minimum atomic E-state index is -0.457. The second-order valence-corrected chi connectivity index (χ2v) is 8.95. The molecule has 0 aromatic rings. The predicted octanol–water partition coefficient (Wildman–Crippen LogP) is 2.77. The fourth-order valence-corrected chi connectivity index (χ4v) is 3.80. The van der Waals surface area contributed by atoms with Gasteiger partial charge in [0, 0.05) is 59.3 Å². The van der Waals surface area contributed by atoms with Crippen LogP contribution in [0.1, 0.15) is 53.9 Å². The molecule has 8 nitrogen and oxygen atoms in total. The van der Waals surface area contributed by atoms with Crippen molar-refractivity contribution >= 4 is 41.9 Å². The highest BCUT2D eigenvalue weighted by Gasteiger charge is 2.27. The van der Waals surface area contributed by atoms with Crippen LogP contribution >= 0.6 is 24.0 Å². The second kappa shape index (κ2) is 12.6. The van der Waals surface area contributed by atoms with Crippen molar-refractivity contribution in [3.05, 3.63) is 0 Å². The summed E-state index contributed by atoms with van der Waals surface area (Å²) in [5.74, 6) is 1.52. The van der Waals surface area contributed by atoms with Gasteiger partial charge in [-0.05, 0) is 52.9 Å². The number of piperazine rings is 1. The molecule has 2 saturated heterocycles. The Kier molecular flexibility index (Phi) is 11.2. The van der Waals surface area contributed by atoms with Crippen LogP contribution in [0.5, 0.6) is 0 Å². The summed E-state index contributed by atoms with van der Waals surface area (Å²) >= 11 is 0. The highest BCUT2D eigenvalue weighted by molar-refractivity contribution is 14.0. The van der Waals surface area contributed by atoms with E-state index in [4.69, 9.17) is 9.73 Å². The van der Waals surface area contributed by atoms with Crippen molar-refractivity contribution in [3.63, 3.8) is 0 Å². The molecule has 0 bridgehead atoms. The zero-order chi connectivity index (χ0) is 21.4. The van der Waals surface area contributed by atoms with Gasteiger partial charge in [0.2, 0.25) is 5.91 Å². The number of likely N-dealkylation sites (tertiary alicyclic amines) is 1. The zero-order valence-electron chi connectivity index (χ0n) is 19.3. The molecule has 2 aliphatic rings. The molecule has 9 heteroatoms. The van der Waals surface area contributed by atoms with Crippen molar-refractivity contribution in [2.75, 3.05) is 52.4 Å². The third-order valence-electron chi connectivity index (χ3n) is 5.33. The number of rotatable bonds is 4. The van der Waals surface area contributed by atoms with Gasteiger partial charge in [-0.1, -0.05) is 0 Å². The molecule has 2 amide bonds. The van der Waals surface area contributed by atoms with E-state index in [1.165, 1.54) is 0 Å². The summed E-state index contributed by atoms with van der Waals surface area (Å²) in [5, 5.41) is 3.37. The number of nitrogens with one attached hydrogen (secondary N) is 1. The van der Waals surface area contributed by atoms with Gasteiger partial charge < -0.3 is 24.8 Å². The lowest BCUT2D eigenvalue weighted by Crippen LogP contribution is -2.53. The number of aliphatic imine (C=N–C) groups is 1. The lowest BCUT2D eigenvalue weighted by atomic mass is 9.95. The Balaban J connectivity index is 0.00000450. The normalized spacial score (nSPS) is 20.5. The number of halogens is 1. The molecule has 2 heterocycles. The molecule has 2 aliphatic heterocycles. The van der Waals surface area contributed by atoms with Crippen LogP contribution in [0, 0.1) is 5.92 Å². The van der Waals surface area contributed by atoms with Crippen molar-refractivity contribution < 1.29 is 14.3 Å². The molecular weight excluding hydrogens is 497 g/mol. The van der Waals surface area contributed by atoms with Crippen LogP contribution in [-0.2, 0) is 9.53 Å². The van der Waals surface area contributed by atoms with Gasteiger partial charge >= 0.3 is 6.09 Å². The van der Waals surface area contributed by atoms with E-state index >= 15 is 0 Å². The van der Waals surface area contributed by atoms with E-state index in [9.17, 15) is 9.59 Å². The van der Waals surface area contributed by atoms with Gasteiger partial charge in [-0.2, -0.15) is 0 Å². The van der Waals surface area contributed by atoms with Crippen molar-refractivity contribution in [3.8, 4) is 0 Å². The summed E-state index contributed by atoms with van der Waals surface area (Å²) in [6.45, 7) is 15.6. The lowest BCUT2D eigenvalue weighted by Gasteiger charge is -2.36. The minimum Gasteiger partial charge on any atom is -0.444 e. The Bertz CT molecular complexity index is 586. The van der Waals surface area contributed by atoms with Crippen molar-refractivity contribution in [1.29, 1.82) is 0 Å². The molecule has 0 radical (unpaired) electrons. The fraction of sp³-hybridized carbons (Fsp3) is 0.857. The van der Waals surface area contributed by atoms with Crippen LogP contribution < -0.4 is 5.32 Å². The van der Waals surface area contributed by atoms with Crippen molar-refractivity contribution in [2.24, 2.45) is 10.9 Å². The molecule has 1 N–H and O–H groups in total. The SMILES string of the molecule is CCNC(=NCCC1CCCN(C(=O)OC(C)(C)C)C1)N1CCN(C(C)=O)CC1.I. The molecule has 0 aliphatic carbocycles. The van der Waals surface area contributed by atoms with Gasteiger partial charge in [0.05, 0.1) is 0 Å². The maximum Gasteiger partial charge on any atom is 0.410 e. The molecule has 1 atom stereocenters. The third kappa shape index (κ3) is 8.85. The maximum absolute atomic E-state index is 12.3. The Morgan fingerprint density at radius 2 is 1.70 bits per heavy atom. The first kappa shape index (κ1) is 26.8. The number of piperidine rings is 1. The Morgan fingerprint density at radius 3 is 2.27 bits per heavy atom. The highest BCUT2D eigenvalue weighted by Crippen LogP contribution is 2.21. The first-order valence-corrected chi connectivity index (χ1v) is 11.0. The van der Waals surface area contributed by atoms with Crippen LogP contribution in [0.15, 0.2) is 4.99 Å². The van der Waals surface area contributed by atoms with Gasteiger partial charge in [0.1, 0.15) is 5.60 Å². The van der Waals surface area contributed by atoms with E-state index in [1.807, 2.05) is 30.6 Å². The molecule has 2 fully saturated rings. The number of carbonyl (C=O) groups is 2. The molecular formula is C21H40IN5O3. The van der Waals surface area contributed by atoms with Crippen molar-refractivity contribution in [2.45, 2.75) is 59.5 Å². The topological polar surface area (TPSA) is 77.5 Å². The number of nitrogens with zero attached hydrogens (tertiary/aromatic N) is 4.